The largest absolute Gasteiger partial charge is 0.497 e. The second kappa shape index (κ2) is 7.46. The van der Waals surface area contributed by atoms with Gasteiger partial charge in [-0.25, -0.2) is 4.98 Å². The van der Waals surface area contributed by atoms with Gasteiger partial charge in [-0.15, -0.1) is 0 Å². The Balaban J connectivity index is 1.57. The number of aromatic amines is 1. The van der Waals surface area contributed by atoms with E-state index >= 15 is 0 Å². The van der Waals surface area contributed by atoms with E-state index in [0.29, 0.717) is 42.6 Å². The van der Waals surface area contributed by atoms with Gasteiger partial charge >= 0.3 is 0 Å². The van der Waals surface area contributed by atoms with Crippen LogP contribution in [0.25, 0.3) is 0 Å². The number of aromatic nitrogens is 4. The molecule has 0 spiro atoms. The van der Waals surface area contributed by atoms with E-state index in [1.807, 2.05) is 38.1 Å². The fourth-order valence-electron chi connectivity index (χ4n) is 3.36. The molecule has 3 aromatic rings. The smallest absolute Gasteiger partial charge is 0.271 e. The number of hydrogen-bond donors (Lipinski definition) is 2. The van der Waals surface area contributed by atoms with Crippen LogP contribution in [0.4, 0.5) is 0 Å². The lowest BCUT2D eigenvalue weighted by molar-refractivity contribution is 0.0950. The van der Waals surface area contributed by atoms with Crippen molar-refractivity contribution < 1.29 is 14.1 Å². The van der Waals surface area contributed by atoms with E-state index < -0.39 is 0 Å². The number of methoxy groups -OCH3 is 1. The maximum absolute atomic E-state index is 12.5. The Morgan fingerprint density at radius 1 is 1.32 bits per heavy atom. The number of ether oxygens (including phenoxy) is 1. The molecule has 2 aromatic heterocycles. The van der Waals surface area contributed by atoms with Gasteiger partial charge in [0.05, 0.1) is 13.5 Å². The van der Waals surface area contributed by atoms with Crippen molar-refractivity contribution in [3.05, 3.63) is 58.8 Å². The number of H-pyrrole nitrogens is 1. The third-order valence-electron chi connectivity index (χ3n) is 4.87. The molecule has 8 heteroatoms. The quantitative estimate of drug-likeness (QED) is 0.704. The second-order valence-corrected chi connectivity index (χ2v) is 7.28. The van der Waals surface area contributed by atoms with E-state index in [9.17, 15) is 4.79 Å². The summed E-state index contributed by atoms with van der Waals surface area (Å²) in [6, 6.07) is 7.93. The van der Waals surface area contributed by atoms with Crippen LogP contribution in [0, 0.1) is 0 Å². The number of rotatable bonds is 5. The van der Waals surface area contributed by atoms with Crippen molar-refractivity contribution in [2.24, 2.45) is 0 Å². The van der Waals surface area contributed by atoms with Crippen molar-refractivity contribution in [3.8, 4) is 5.75 Å². The molecule has 1 aliphatic heterocycles. The summed E-state index contributed by atoms with van der Waals surface area (Å²) in [4.78, 5) is 24.7. The molecule has 1 atom stereocenters. The number of nitrogens with one attached hydrogen (secondary N) is 2. The summed E-state index contributed by atoms with van der Waals surface area (Å²) in [7, 11) is 1.65. The summed E-state index contributed by atoms with van der Waals surface area (Å²) in [6.07, 6.45) is 1.07. The zero-order valence-electron chi connectivity index (χ0n) is 16.2. The van der Waals surface area contributed by atoms with Crippen LogP contribution in [-0.2, 0) is 12.8 Å². The Hall–Kier alpha value is -3.16. The second-order valence-electron chi connectivity index (χ2n) is 7.28. The minimum atomic E-state index is -0.168. The first-order valence-electron chi connectivity index (χ1n) is 9.36. The Labute approximate surface area is 162 Å². The first-order valence-corrected chi connectivity index (χ1v) is 9.36. The molecule has 146 valence electrons. The van der Waals surface area contributed by atoms with Gasteiger partial charge in [0.1, 0.15) is 17.3 Å². The number of benzene rings is 1. The third-order valence-corrected chi connectivity index (χ3v) is 4.87. The van der Waals surface area contributed by atoms with Crippen LogP contribution in [0.15, 0.2) is 28.8 Å². The van der Waals surface area contributed by atoms with Crippen LogP contribution in [0.1, 0.15) is 65.0 Å². The Bertz CT molecular complexity index is 991. The van der Waals surface area contributed by atoms with E-state index in [0.717, 1.165) is 17.0 Å². The van der Waals surface area contributed by atoms with Crippen molar-refractivity contribution in [2.45, 2.75) is 38.5 Å². The lowest BCUT2D eigenvalue weighted by Gasteiger charge is -2.15. The van der Waals surface area contributed by atoms with Crippen LogP contribution < -0.4 is 10.1 Å². The highest BCUT2D eigenvalue weighted by atomic mass is 16.5. The Kier molecular flexibility index (Phi) is 4.85. The molecule has 1 aliphatic rings. The first-order chi connectivity index (χ1) is 13.5. The number of amides is 1. The number of fused-ring (bicyclic) bond motifs is 1. The van der Waals surface area contributed by atoms with Crippen molar-refractivity contribution in [1.29, 1.82) is 0 Å². The fourth-order valence-corrected chi connectivity index (χ4v) is 3.36. The van der Waals surface area contributed by atoms with Crippen LogP contribution >= 0.6 is 0 Å². The highest BCUT2D eigenvalue weighted by Crippen LogP contribution is 2.27. The molecule has 0 saturated carbocycles. The van der Waals surface area contributed by atoms with Crippen LogP contribution in [0.2, 0.25) is 0 Å². The Morgan fingerprint density at radius 3 is 2.93 bits per heavy atom. The molecule has 3 heterocycles. The molecule has 1 aromatic carbocycles. The topological polar surface area (TPSA) is 106 Å². The van der Waals surface area contributed by atoms with Gasteiger partial charge in [0.25, 0.3) is 5.91 Å². The molecule has 0 saturated heterocycles. The molecule has 0 unspecified atom stereocenters. The maximum atomic E-state index is 12.5. The predicted molar refractivity (Wildman–Crippen MR) is 102 cm³/mol. The van der Waals surface area contributed by atoms with Crippen molar-refractivity contribution in [3.63, 3.8) is 0 Å². The number of nitrogens with zero attached hydrogens (tertiary/aromatic N) is 3. The first kappa shape index (κ1) is 18.2. The molecule has 1 amide bonds. The molecule has 0 fully saturated rings. The molecule has 8 nitrogen and oxygen atoms in total. The molecular formula is C20H23N5O3. The van der Waals surface area contributed by atoms with Gasteiger partial charge in [-0.2, -0.15) is 4.98 Å². The van der Waals surface area contributed by atoms with Gasteiger partial charge in [0.2, 0.25) is 5.89 Å². The molecule has 0 radical (unpaired) electrons. The summed E-state index contributed by atoms with van der Waals surface area (Å²) in [6.45, 7) is 4.54. The van der Waals surface area contributed by atoms with Crippen molar-refractivity contribution in [1.82, 2.24) is 25.4 Å². The molecule has 0 aliphatic carbocycles. The van der Waals surface area contributed by atoms with Crippen LogP contribution in [-0.4, -0.2) is 39.7 Å². The van der Waals surface area contributed by atoms with Crippen LogP contribution in [0.3, 0.4) is 0 Å². The molecule has 28 heavy (non-hydrogen) atoms. The fraction of sp³-hybridized carbons (Fsp3) is 0.400. The highest BCUT2D eigenvalue weighted by Gasteiger charge is 2.27. The average Bonchev–Trinajstić information content (AvgIpc) is 3.29. The van der Waals surface area contributed by atoms with E-state index in [1.54, 1.807) is 7.11 Å². The predicted octanol–water partition coefficient (Wildman–Crippen LogP) is 2.59. The van der Waals surface area contributed by atoms with Crippen molar-refractivity contribution >= 4 is 5.91 Å². The molecule has 2 N–H and O–H groups in total. The summed E-state index contributed by atoms with van der Waals surface area (Å²) in [5.74, 6) is 2.74. The van der Waals surface area contributed by atoms with Crippen molar-refractivity contribution in [2.75, 3.05) is 13.7 Å². The summed E-state index contributed by atoms with van der Waals surface area (Å²) in [5, 5.41) is 6.97. The number of imidazole rings is 1. The average molecular weight is 381 g/mol. The molecule has 0 bridgehead atoms. The van der Waals surface area contributed by atoms with Gasteiger partial charge in [-0.3, -0.25) is 4.79 Å². The van der Waals surface area contributed by atoms with E-state index in [-0.39, 0.29) is 17.7 Å². The number of carbonyl (C=O) groups is 1. The van der Waals surface area contributed by atoms with Gasteiger partial charge in [0, 0.05) is 24.1 Å². The lowest BCUT2D eigenvalue weighted by atomic mass is 9.94. The minimum Gasteiger partial charge on any atom is -0.497 e. The van der Waals surface area contributed by atoms with Gasteiger partial charge in [-0.1, -0.05) is 31.1 Å². The zero-order chi connectivity index (χ0) is 19.7. The Morgan fingerprint density at radius 2 is 2.18 bits per heavy atom. The summed E-state index contributed by atoms with van der Waals surface area (Å²) >= 11 is 0. The van der Waals surface area contributed by atoms with Gasteiger partial charge in [0.15, 0.2) is 5.82 Å². The van der Waals surface area contributed by atoms with Crippen LogP contribution in [0.5, 0.6) is 5.75 Å². The van der Waals surface area contributed by atoms with E-state index in [2.05, 4.69) is 25.4 Å². The third kappa shape index (κ3) is 3.62. The lowest BCUT2D eigenvalue weighted by Crippen LogP contribution is -2.26. The SMILES string of the molecule is COc1cccc([C@@H]2CNC(=O)c3nc(Cc4noc(C(C)C)n4)[nH]c3C2)c1. The number of carbonyl (C=O) groups excluding carboxylic acids is 1. The van der Waals surface area contributed by atoms with Gasteiger partial charge in [-0.05, 0) is 24.1 Å². The van der Waals surface area contributed by atoms with E-state index in [4.69, 9.17) is 9.26 Å². The normalized spacial score (nSPS) is 16.6. The van der Waals surface area contributed by atoms with E-state index in [1.165, 1.54) is 0 Å². The standard InChI is InChI=1S/C20H23N5O3/c1-11(2)20-24-17(25-28-20)9-16-22-15-8-13(10-21-19(26)18(15)23-16)12-5-4-6-14(7-12)27-3/h4-7,11,13H,8-10H2,1-3H3,(H,21,26)(H,22,23)/t13-/m0/s1. The maximum Gasteiger partial charge on any atom is 0.271 e. The zero-order valence-corrected chi connectivity index (χ0v) is 16.2. The van der Waals surface area contributed by atoms with Gasteiger partial charge < -0.3 is 19.6 Å². The minimum absolute atomic E-state index is 0.131. The number of hydrogen-bond acceptors (Lipinski definition) is 6. The highest BCUT2D eigenvalue weighted by molar-refractivity contribution is 5.94. The molecule has 4 rings (SSSR count). The summed E-state index contributed by atoms with van der Waals surface area (Å²) < 4.78 is 10.6. The monoisotopic (exact) mass is 381 g/mol. The molecular weight excluding hydrogens is 358 g/mol. The summed E-state index contributed by atoms with van der Waals surface area (Å²) in [5.41, 5.74) is 2.38.